The molecule has 1 atom stereocenters. The molecular formula is C45H51ClN6O3S2. The van der Waals surface area contributed by atoms with Gasteiger partial charge in [-0.05, 0) is 134 Å². The standard InChI is InChI=1S/C38H43ClN6O3S.C7H8S/c1-3-42(2)20-6-19-40-35-17-16-33(24-37(35)45(47)48)49-41-38(46)29-12-18-36-28(23-29)11-15-32-26-43(21-22-44(32)36)25-30-7-4-5-8-34(30)27-9-13-31(39)14-10-27;1-8-7-5-3-2-4-6-7/h4-5,7-10,12-14,16-18,23-24,32,40H,3,6,11,15,19-22,25-26H2,1-2H3,(H,41,46);2-6H,1H3. The number of carbonyl (C=O) groups excluding carboxylic acids is 1. The van der Waals surface area contributed by atoms with Crippen LogP contribution in [-0.4, -0.2) is 79.2 Å². The Hall–Kier alpha value is -4.52. The predicted octanol–water partition coefficient (Wildman–Crippen LogP) is 10.2. The lowest BCUT2D eigenvalue weighted by Gasteiger charge is -2.46. The van der Waals surface area contributed by atoms with E-state index in [1.807, 2.05) is 42.5 Å². The van der Waals surface area contributed by atoms with Crippen LogP contribution in [-0.2, 0) is 13.0 Å². The largest absolute Gasteiger partial charge is 0.379 e. The highest BCUT2D eigenvalue weighted by Gasteiger charge is 2.32. The third kappa shape index (κ3) is 11.5. The zero-order valence-corrected chi connectivity index (χ0v) is 35.2. The molecule has 1 unspecified atom stereocenters. The Labute approximate surface area is 350 Å². The quantitative estimate of drug-likeness (QED) is 0.0373. The first kappa shape index (κ1) is 42.1. The van der Waals surface area contributed by atoms with E-state index in [4.69, 9.17) is 11.6 Å². The van der Waals surface area contributed by atoms with Crippen molar-refractivity contribution in [3.8, 4) is 11.1 Å². The van der Waals surface area contributed by atoms with Crippen molar-refractivity contribution in [1.29, 1.82) is 0 Å². The van der Waals surface area contributed by atoms with Crippen molar-refractivity contribution in [2.24, 2.45) is 0 Å². The minimum absolute atomic E-state index is 0.00251. The van der Waals surface area contributed by atoms with E-state index in [0.29, 0.717) is 28.7 Å². The van der Waals surface area contributed by atoms with Crippen LogP contribution in [0, 0.1) is 10.1 Å². The van der Waals surface area contributed by atoms with E-state index in [-0.39, 0.29) is 16.5 Å². The number of fused-ring (bicyclic) bond motifs is 3. The number of aryl methyl sites for hydroxylation is 1. The first-order valence-corrected chi connectivity index (χ1v) is 21.9. The number of hydrogen-bond acceptors (Lipinski definition) is 9. The molecule has 298 valence electrons. The molecule has 0 spiro atoms. The molecule has 57 heavy (non-hydrogen) atoms. The molecule has 7 rings (SSSR count). The second kappa shape index (κ2) is 20.8. The Balaban J connectivity index is 0.000000612. The summed E-state index contributed by atoms with van der Waals surface area (Å²) in [4.78, 5) is 33.8. The Morgan fingerprint density at radius 1 is 0.947 bits per heavy atom. The monoisotopic (exact) mass is 822 g/mol. The molecule has 2 aliphatic rings. The molecule has 0 saturated carbocycles. The van der Waals surface area contributed by atoms with E-state index in [2.05, 4.69) is 99.6 Å². The van der Waals surface area contributed by atoms with Crippen LogP contribution >= 0.6 is 35.3 Å². The number of amides is 1. The highest BCUT2D eigenvalue weighted by Crippen LogP contribution is 2.35. The molecule has 2 heterocycles. The number of nitro benzene ring substituents is 1. The molecule has 9 nitrogen and oxygen atoms in total. The molecule has 5 aromatic carbocycles. The van der Waals surface area contributed by atoms with Gasteiger partial charge in [0.05, 0.1) is 4.92 Å². The summed E-state index contributed by atoms with van der Waals surface area (Å²) in [6.07, 6.45) is 4.90. The van der Waals surface area contributed by atoms with Crippen molar-refractivity contribution < 1.29 is 9.72 Å². The molecule has 0 aromatic heterocycles. The molecule has 1 amide bonds. The van der Waals surface area contributed by atoms with Gasteiger partial charge in [0.15, 0.2) is 0 Å². The van der Waals surface area contributed by atoms with Crippen LogP contribution in [0.4, 0.5) is 17.1 Å². The molecule has 0 bridgehead atoms. The predicted molar refractivity (Wildman–Crippen MR) is 239 cm³/mol. The molecule has 2 aliphatic heterocycles. The van der Waals surface area contributed by atoms with Gasteiger partial charge in [-0.2, -0.15) is 0 Å². The van der Waals surface area contributed by atoms with Gasteiger partial charge in [-0.15, -0.1) is 11.8 Å². The fourth-order valence-electron chi connectivity index (χ4n) is 7.29. The van der Waals surface area contributed by atoms with Crippen molar-refractivity contribution in [1.82, 2.24) is 14.5 Å². The molecule has 0 aliphatic carbocycles. The van der Waals surface area contributed by atoms with Crippen molar-refractivity contribution in [2.45, 2.75) is 48.6 Å². The fraction of sp³-hybridized carbons (Fsp3) is 0.311. The summed E-state index contributed by atoms with van der Waals surface area (Å²) in [5.41, 5.74) is 7.20. The van der Waals surface area contributed by atoms with Gasteiger partial charge in [0.1, 0.15) is 5.69 Å². The van der Waals surface area contributed by atoms with Crippen LogP contribution < -0.4 is 14.9 Å². The number of benzene rings is 5. The van der Waals surface area contributed by atoms with E-state index in [9.17, 15) is 14.9 Å². The van der Waals surface area contributed by atoms with E-state index in [1.165, 1.54) is 38.9 Å². The first-order chi connectivity index (χ1) is 27.7. The molecule has 1 fully saturated rings. The normalized spacial score (nSPS) is 14.9. The van der Waals surface area contributed by atoms with Crippen molar-refractivity contribution in [2.75, 3.05) is 62.8 Å². The van der Waals surface area contributed by atoms with Crippen LogP contribution in [0.5, 0.6) is 0 Å². The van der Waals surface area contributed by atoms with Crippen LogP contribution in [0.25, 0.3) is 11.1 Å². The van der Waals surface area contributed by atoms with Crippen molar-refractivity contribution in [3.05, 3.63) is 147 Å². The maximum absolute atomic E-state index is 13.2. The molecular weight excluding hydrogens is 772 g/mol. The van der Waals surface area contributed by atoms with Gasteiger partial charge in [-0.25, -0.2) is 0 Å². The Bertz CT molecular complexity index is 2110. The van der Waals surface area contributed by atoms with E-state index in [0.717, 1.165) is 75.5 Å². The maximum Gasteiger partial charge on any atom is 0.293 e. The number of nitrogens with zero attached hydrogens (tertiary/aromatic N) is 4. The van der Waals surface area contributed by atoms with Crippen molar-refractivity contribution >= 4 is 58.3 Å². The van der Waals surface area contributed by atoms with Gasteiger partial charge in [0.2, 0.25) is 0 Å². The highest BCUT2D eigenvalue weighted by atomic mass is 35.5. The smallest absolute Gasteiger partial charge is 0.293 e. The molecule has 5 aromatic rings. The van der Waals surface area contributed by atoms with Crippen LogP contribution in [0.15, 0.2) is 125 Å². The average Bonchev–Trinajstić information content (AvgIpc) is 3.25. The summed E-state index contributed by atoms with van der Waals surface area (Å²) < 4.78 is 2.89. The van der Waals surface area contributed by atoms with Gasteiger partial charge in [-0.1, -0.05) is 73.1 Å². The summed E-state index contributed by atoms with van der Waals surface area (Å²) >= 11 is 9.01. The lowest BCUT2D eigenvalue weighted by Crippen LogP contribution is -2.54. The topological polar surface area (TPSA) is 94.0 Å². The number of nitrogens with one attached hydrogen (secondary N) is 2. The lowest BCUT2D eigenvalue weighted by molar-refractivity contribution is -0.384. The minimum atomic E-state index is -0.386. The second-order valence-corrected chi connectivity index (χ2v) is 16.5. The third-order valence-corrected chi connectivity index (χ3v) is 12.3. The summed E-state index contributed by atoms with van der Waals surface area (Å²) in [6.45, 7) is 8.40. The Kier molecular flexibility index (Phi) is 15.3. The maximum atomic E-state index is 13.2. The summed E-state index contributed by atoms with van der Waals surface area (Å²) in [5, 5.41) is 15.7. The summed E-state index contributed by atoms with van der Waals surface area (Å²) in [7, 11) is 2.05. The van der Waals surface area contributed by atoms with Crippen LogP contribution in [0.3, 0.4) is 0 Å². The highest BCUT2D eigenvalue weighted by molar-refractivity contribution is 7.98. The number of rotatable bonds is 14. The molecule has 0 radical (unpaired) electrons. The zero-order valence-electron chi connectivity index (χ0n) is 32.8. The first-order valence-electron chi connectivity index (χ1n) is 19.4. The number of halogens is 1. The Morgan fingerprint density at radius 3 is 2.46 bits per heavy atom. The molecule has 1 saturated heterocycles. The van der Waals surface area contributed by atoms with Gasteiger partial charge in [-0.3, -0.25) is 24.5 Å². The third-order valence-electron chi connectivity index (χ3n) is 10.5. The zero-order chi connectivity index (χ0) is 40.1. The Morgan fingerprint density at radius 2 is 1.72 bits per heavy atom. The van der Waals surface area contributed by atoms with Crippen molar-refractivity contribution in [3.63, 3.8) is 0 Å². The van der Waals surface area contributed by atoms with Gasteiger partial charge in [0, 0.05) is 70.9 Å². The van der Waals surface area contributed by atoms with Crippen LogP contribution in [0.1, 0.15) is 41.3 Å². The fourth-order valence-corrected chi connectivity index (χ4v) is 8.48. The number of piperazine rings is 1. The average molecular weight is 824 g/mol. The van der Waals surface area contributed by atoms with Gasteiger partial charge >= 0.3 is 0 Å². The minimum Gasteiger partial charge on any atom is -0.379 e. The summed E-state index contributed by atoms with van der Waals surface area (Å²) in [6, 6.07) is 38.4. The van der Waals surface area contributed by atoms with E-state index >= 15 is 0 Å². The number of carbonyl (C=O) groups is 1. The molecule has 2 N–H and O–H groups in total. The van der Waals surface area contributed by atoms with E-state index in [1.54, 1.807) is 23.9 Å². The number of anilines is 2. The van der Waals surface area contributed by atoms with Gasteiger partial charge in [0.25, 0.3) is 11.6 Å². The lowest BCUT2D eigenvalue weighted by atomic mass is 9.92. The SMILES string of the molecule is CCN(C)CCCNc1ccc(SNC(=O)c2ccc3c(c2)CCC2CN(Cc4ccccc4-c4ccc(Cl)cc4)CCN32)cc1[N+](=O)[O-].CSc1ccccc1. The van der Waals surface area contributed by atoms with E-state index < -0.39 is 0 Å². The summed E-state index contributed by atoms with van der Waals surface area (Å²) in [5.74, 6) is -0.219. The van der Waals surface area contributed by atoms with Crippen LogP contribution in [0.2, 0.25) is 5.02 Å². The van der Waals surface area contributed by atoms with Gasteiger partial charge < -0.3 is 15.1 Å². The second-order valence-electron chi connectivity index (χ2n) is 14.3. The number of thioether (sulfide) groups is 1. The molecule has 12 heteroatoms. The number of hydrogen-bond donors (Lipinski definition) is 2. The number of nitro groups is 1.